The molecule has 1 saturated heterocycles. The molecule has 0 aliphatic carbocycles. The summed E-state index contributed by atoms with van der Waals surface area (Å²) in [6.45, 7) is 4.37. The summed E-state index contributed by atoms with van der Waals surface area (Å²) in [6.07, 6.45) is 0.128. The maximum atomic E-state index is 5.66. The van der Waals surface area contributed by atoms with E-state index in [4.69, 9.17) is 9.47 Å². The molecular weight excluding hydrogens is 190 g/mol. The minimum atomic E-state index is 0.128. The van der Waals surface area contributed by atoms with E-state index in [2.05, 4.69) is 17.4 Å². The third kappa shape index (κ3) is 2.30. The second-order valence-corrected chi connectivity index (χ2v) is 3.72. The van der Waals surface area contributed by atoms with Gasteiger partial charge in [-0.05, 0) is 30.2 Å². The van der Waals surface area contributed by atoms with Crippen LogP contribution in [0, 0.1) is 6.92 Å². The lowest BCUT2D eigenvalue weighted by atomic mass is 10.1. The van der Waals surface area contributed by atoms with Crippen molar-refractivity contribution in [3.8, 4) is 5.75 Å². The molecule has 81 valence electrons. The smallest absolute Gasteiger partial charge is 0.121 e. The quantitative estimate of drug-likeness (QED) is 0.737. The fraction of sp³-hybridized carbons (Fsp3) is 0.500. The van der Waals surface area contributed by atoms with E-state index in [1.54, 1.807) is 7.11 Å². The normalized spacial score (nSPS) is 21.3. The minimum absolute atomic E-state index is 0.128. The van der Waals surface area contributed by atoms with Crippen molar-refractivity contribution in [2.75, 3.05) is 26.8 Å². The molecular formula is C12H16NO2. The van der Waals surface area contributed by atoms with Gasteiger partial charge in [-0.2, -0.15) is 0 Å². The Hall–Kier alpha value is -1.06. The van der Waals surface area contributed by atoms with E-state index in [9.17, 15) is 0 Å². The van der Waals surface area contributed by atoms with E-state index in [1.807, 2.05) is 13.0 Å². The molecule has 1 radical (unpaired) electrons. The summed E-state index contributed by atoms with van der Waals surface area (Å²) in [5.74, 6) is 0.923. The van der Waals surface area contributed by atoms with Gasteiger partial charge in [-0.3, -0.25) is 0 Å². The molecule has 1 aromatic rings. The van der Waals surface area contributed by atoms with Crippen LogP contribution in [0.3, 0.4) is 0 Å². The summed E-state index contributed by atoms with van der Waals surface area (Å²) in [4.78, 5) is 0. The van der Waals surface area contributed by atoms with Crippen LogP contribution in [0.1, 0.15) is 17.2 Å². The highest BCUT2D eigenvalue weighted by Gasteiger charge is 2.16. The Balaban J connectivity index is 2.17. The molecule has 3 heteroatoms. The molecule has 1 fully saturated rings. The summed E-state index contributed by atoms with van der Waals surface area (Å²) in [7, 11) is 1.69. The Morgan fingerprint density at radius 3 is 2.93 bits per heavy atom. The van der Waals surface area contributed by atoms with Crippen molar-refractivity contribution in [2.45, 2.75) is 13.0 Å². The van der Waals surface area contributed by atoms with Gasteiger partial charge in [0.05, 0.1) is 19.8 Å². The second-order valence-electron chi connectivity index (χ2n) is 3.72. The molecule has 15 heavy (non-hydrogen) atoms. The van der Waals surface area contributed by atoms with E-state index >= 15 is 0 Å². The van der Waals surface area contributed by atoms with Gasteiger partial charge in [0.25, 0.3) is 0 Å². The standard InChI is InChI=1S/C12H16NO2/c1-9-7-10(3-4-11(9)14-2)12-8-13-5-6-15-12/h3-4,7,12H,5-6,8H2,1-2H3. The monoisotopic (exact) mass is 206 g/mol. The van der Waals surface area contributed by atoms with Crippen LogP contribution < -0.4 is 10.1 Å². The van der Waals surface area contributed by atoms with Crippen LogP contribution in [0.5, 0.6) is 5.75 Å². The molecule has 1 heterocycles. The van der Waals surface area contributed by atoms with Gasteiger partial charge in [-0.1, -0.05) is 6.07 Å². The predicted octanol–water partition coefficient (Wildman–Crippen LogP) is 1.68. The van der Waals surface area contributed by atoms with E-state index in [0.717, 1.165) is 31.0 Å². The van der Waals surface area contributed by atoms with Crippen LogP contribution in [-0.4, -0.2) is 26.8 Å². The highest BCUT2D eigenvalue weighted by molar-refractivity contribution is 5.37. The molecule has 0 amide bonds. The summed E-state index contributed by atoms with van der Waals surface area (Å²) in [6, 6.07) is 6.16. The minimum Gasteiger partial charge on any atom is -0.496 e. The molecule has 0 bridgehead atoms. The fourth-order valence-electron chi connectivity index (χ4n) is 1.82. The van der Waals surface area contributed by atoms with Crippen molar-refractivity contribution in [2.24, 2.45) is 0 Å². The van der Waals surface area contributed by atoms with Gasteiger partial charge in [0.2, 0.25) is 0 Å². The summed E-state index contributed by atoms with van der Waals surface area (Å²) in [5.41, 5.74) is 2.33. The van der Waals surface area contributed by atoms with E-state index in [0.29, 0.717) is 0 Å². The van der Waals surface area contributed by atoms with E-state index in [-0.39, 0.29) is 6.10 Å². The van der Waals surface area contributed by atoms with E-state index in [1.165, 1.54) is 5.56 Å². The van der Waals surface area contributed by atoms with Crippen molar-refractivity contribution in [3.63, 3.8) is 0 Å². The first-order valence-corrected chi connectivity index (χ1v) is 5.20. The number of rotatable bonds is 2. The molecule has 1 aromatic carbocycles. The third-order valence-corrected chi connectivity index (χ3v) is 2.65. The number of hydrogen-bond acceptors (Lipinski definition) is 2. The Labute approximate surface area is 90.4 Å². The summed E-state index contributed by atoms with van der Waals surface area (Å²) in [5, 5.41) is 4.35. The average molecular weight is 206 g/mol. The maximum Gasteiger partial charge on any atom is 0.121 e. The van der Waals surface area contributed by atoms with Gasteiger partial charge in [0, 0.05) is 13.1 Å². The fourth-order valence-corrected chi connectivity index (χ4v) is 1.82. The van der Waals surface area contributed by atoms with Crippen LogP contribution >= 0.6 is 0 Å². The van der Waals surface area contributed by atoms with Crippen LogP contribution in [-0.2, 0) is 4.74 Å². The molecule has 3 nitrogen and oxygen atoms in total. The lowest BCUT2D eigenvalue weighted by Gasteiger charge is -2.23. The van der Waals surface area contributed by atoms with Gasteiger partial charge in [-0.25, -0.2) is 5.32 Å². The van der Waals surface area contributed by atoms with Gasteiger partial charge in [-0.15, -0.1) is 0 Å². The molecule has 1 aliphatic rings. The Kier molecular flexibility index (Phi) is 3.23. The number of hydrogen-bond donors (Lipinski definition) is 0. The number of aryl methyl sites for hydroxylation is 1. The molecule has 0 N–H and O–H groups in total. The van der Waals surface area contributed by atoms with Crippen LogP contribution in [0.4, 0.5) is 0 Å². The molecule has 1 unspecified atom stereocenters. The number of benzene rings is 1. The van der Waals surface area contributed by atoms with Gasteiger partial charge < -0.3 is 9.47 Å². The maximum absolute atomic E-state index is 5.66. The predicted molar refractivity (Wildman–Crippen MR) is 58.3 cm³/mol. The first kappa shape index (κ1) is 10.5. The first-order chi connectivity index (χ1) is 7.31. The lowest BCUT2D eigenvalue weighted by molar-refractivity contribution is 0.0260. The number of ether oxygens (including phenoxy) is 2. The topological polar surface area (TPSA) is 32.6 Å². The Bertz CT molecular complexity index is 332. The highest BCUT2D eigenvalue weighted by atomic mass is 16.5. The van der Waals surface area contributed by atoms with Crippen molar-refractivity contribution >= 4 is 0 Å². The zero-order valence-electron chi connectivity index (χ0n) is 9.19. The SMILES string of the molecule is COc1ccc(C2C[N]CCO2)cc1C. The van der Waals surface area contributed by atoms with Crippen LogP contribution in [0.2, 0.25) is 0 Å². The lowest BCUT2D eigenvalue weighted by Crippen LogP contribution is -2.28. The molecule has 2 rings (SSSR count). The third-order valence-electron chi connectivity index (χ3n) is 2.65. The van der Waals surface area contributed by atoms with Crippen molar-refractivity contribution in [1.29, 1.82) is 0 Å². The summed E-state index contributed by atoms with van der Waals surface area (Å²) >= 11 is 0. The van der Waals surface area contributed by atoms with Crippen molar-refractivity contribution in [3.05, 3.63) is 29.3 Å². The van der Waals surface area contributed by atoms with Gasteiger partial charge >= 0.3 is 0 Å². The highest BCUT2D eigenvalue weighted by Crippen LogP contribution is 2.25. The number of morpholine rings is 1. The molecule has 0 spiro atoms. The van der Waals surface area contributed by atoms with Crippen molar-refractivity contribution < 1.29 is 9.47 Å². The first-order valence-electron chi connectivity index (χ1n) is 5.20. The zero-order chi connectivity index (χ0) is 10.7. The molecule has 0 aromatic heterocycles. The molecule has 0 saturated carbocycles. The van der Waals surface area contributed by atoms with Crippen LogP contribution in [0.15, 0.2) is 18.2 Å². The van der Waals surface area contributed by atoms with Crippen LogP contribution in [0.25, 0.3) is 0 Å². The van der Waals surface area contributed by atoms with Gasteiger partial charge in [0.1, 0.15) is 5.75 Å². The number of methoxy groups -OCH3 is 1. The van der Waals surface area contributed by atoms with E-state index < -0.39 is 0 Å². The Morgan fingerprint density at radius 1 is 1.47 bits per heavy atom. The van der Waals surface area contributed by atoms with Crippen molar-refractivity contribution in [1.82, 2.24) is 5.32 Å². The zero-order valence-corrected chi connectivity index (χ0v) is 9.19. The Morgan fingerprint density at radius 2 is 2.33 bits per heavy atom. The molecule has 1 atom stereocenters. The average Bonchev–Trinajstić information content (AvgIpc) is 2.30. The second kappa shape index (κ2) is 4.64. The molecule has 1 aliphatic heterocycles. The summed E-state index contributed by atoms with van der Waals surface area (Å²) < 4.78 is 10.9. The largest absolute Gasteiger partial charge is 0.496 e. The number of nitrogens with zero attached hydrogens (tertiary/aromatic N) is 1. The van der Waals surface area contributed by atoms with Gasteiger partial charge in [0.15, 0.2) is 0 Å².